The summed E-state index contributed by atoms with van der Waals surface area (Å²) in [4.78, 5) is 5.25. The molecule has 1 aliphatic carbocycles. The number of hydrogen-bond donors (Lipinski definition) is 0. The fourth-order valence-electron chi connectivity index (χ4n) is 9.09. The summed E-state index contributed by atoms with van der Waals surface area (Å²) in [6.07, 6.45) is 9.51. The third-order valence-electron chi connectivity index (χ3n) is 10.9. The van der Waals surface area contributed by atoms with Crippen molar-refractivity contribution in [2.24, 2.45) is 10.8 Å². The molecule has 2 aromatic carbocycles. The van der Waals surface area contributed by atoms with Gasteiger partial charge >= 0.3 is 10.1 Å². The van der Waals surface area contributed by atoms with Crippen molar-refractivity contribution in [1.82, 2.24) is 0 Å². The van der Waals surface area contributed by atoms with E-state index < -0.39 is 0 Å². The molecule has 0 amide bonds. The topological polar surface area (TPSA) is 6.48 Å². The summed E-state index contributed by atoms with van der Waals surface area (Å²) in [5.41, 5.74) is 10.0. The van der Waals surface area contributed by atoms with Crippen LogP contribution >= 0.6 is 0 Å². The van der Waals surface area contributed by atoms with E-state index in [1.54, 1.807) is 0 Å². The molecule has 2 heterocycles. The minimum absolute atomic E-state index is 0. The van der Waals surface area contributed by atoms with E-state index in [2.05, 4.69) is 156 Å². The summed E-state index contributed by atoms with van der Waals surface area (Å²) in [5, 5.41) is 0. The molecule has 46 heavy (non-hydrogen) atoms. The summed E-state index contributed by atoms with van der Waals surface area (Å²) >= 11 is 0. The Morgan fingerprint density at radius 3 is 1.20 bits per heavy atom. The van der Waals surface area contributed by atoms with Gasteiger partial charge in [-0.25, -0.2) is 13.1 Å². The van der Waals surface area contributed by atoms with E-state index in [9.17, 15) is 0 Å². The first-order chi connectivity index (χ1) is 20.8. The van der Waals surface area contributed by atoms with Crippen LogP contribution in [0.4, 0.5) is 11.4 Å². The fraction of sp³-hybridized carbons (Fsp3) is 0.674. The Hall–Kier alpha value is -1.79. The van der Waals surface area contributed by atoms with Crippen LogP contribution in [0.25, 0.3) is 0 Å². The van der Waals surface area contributed by atoms with Crippen molar-refractivity contribution in [1.29, 1.82) is 0 Å². The van der Waals surface area contributed by atoms with E-state index in [1.165, 1.54) is 78.6 Å². The first kappa shape index (κ1) is 38.7. The van der Waals surface area contributed by atoms with Gasteiger partial charge in [0.25, 0.3) is 0 Å². The summed E-state index contributed by atoms with van der Waals surface area (Å²) in [6.45, 7) is 38.0. The monoisotopic (exact) mass is 622 g/mol. The predicted octanol–water partition coefficient (Wildman–Crippen LogP) is 12.8. The Labute approximate surface area is 289 Å². The van der Waals surface area contributed by atoms with Gasteiger partial charge in [-0.2, -0.15) is 0 Å². The first-order valence-electron chi connectivity index (χ1n) is 18.4. The van der Waals surface area contributed by atoms with Gasteiger partial charge in [-0.05, 0) is 73.6 Å². The van der Waals surface area contributed by atoms with E-state index in [-0.39, 0.29) is 26.6 Å². The van der Waals surface area contributed by atoms with E-state index in [1.807, 2.05) is 0 Å². The Bertz CT molecular complexity index is 1240. The maximum absolute atomic E-state index is 2.68. The van der Waals surface area contributed by atoms with Crippen molar-refractivity contribution < 1.29 is 0 Å². The molecule has 5 rings (SSSR count). The molecule has 0 N–H and O–H groups in total. The largest absolute Gasteiger partial charge is 2.00 e. The summed E-state index contributed by atoms with van der Waals surface area (Å²) in [7, 11) is 0. The minimum atomic E-state index is 0. The first-order valence-corrected chi connectivity index (χ1v) is 18.4. The van der Waals surface area contributed by atoms with Gasteiger partial charge in [0.1, 0.15) is 0 Å². The molecule has 1 spiro atoms. The van der Waals surface area contributed by atoms with Gasteiger partial charge in [-0.15, -0.1) is 10.8 Å². The molecular weight excluding hydrogens is 553 g/mol. The second-order valence-corrected chi connectivity index (χ2v) is 18.1. The normalized spacial score (nSPS) is 21.3. The van der Waals surface area contributed by atoms with Crippen LogP contribution in [0.2, 0.25) is 0 Å². The maximum atomic E-state index is 2.68. The van der Waals surface area contributed by atoms with Crippen LogP contribution in [-0.2, 0) is 0 Å². The van der Waals surface area contributed by atoms with E-state index in [0.717, 1.165) is 0 Å². The molecule has 2 saturated heterocycles. The number of anilines is 2. The Morgan fingerprint density at radius 2 is 0.870 bits per heavy atom. The van der Waals surface area contributed by atoms with Crippen molar-refractivity contribution >= 4 is 21.5 Å². The number of nitrogens with zero attached hydrogens (tertiary/aromatic N) is 2. The Morgan fingerprint density at radius 1 is 0.522 bits per heavy atom. The summed E-state index contributed by atoms with van der Waals surface area (Å²) in [6, 6.07) is 13.8. The number of rotatable bonds is 6. The summed E-state index contributed by atoms with van der Waals surface area (Å²) in [5.74, 6) is 2.22. The molecule has 0 aromatic heterocycles. The molecule has 2 nitrogen and oxygen atoms in total. The van der Waals surface area contributed by atoms with Crippen LogP contribution < -0.4 is 9.80 Å². The van der Waals surface area contributed by atoms with Gasteiger partial charge < -0.3 is 9.80 Å². The zero-order valence-corrected chi connectivity index (χ0v) is 32.5. The molecule has 0 bridgehead atoms. The van der Waals surface area contributed by atoms with Crippen LogP contribution in [0, 0.1) is 23.9 Å². The van der Waals surface area contributed by atoms with Crippen LogP contribution in [0.15, 0.2) is 36.4 Å². The van der Waals surface area contributed by atoms with Crippen LogP contribution in [0.5, 0.6) is 0 Å². The Balaban J connectivity index is 0.000000247. The average Bonchev–Trinajstić information content (AvgIpc) is 3.33. The molecule has 2 aromatic rings. The van der Waals surface area contributed by atoms with Crippen LogP contribution in [0.3, 0.4) is 0 Å². The van der Waals surface area contributed by atoms with Crippen molar-refractivity contribution in [3.05, 3.63) is 71.7 Å². The fourth-order valence-corrected chi connectivity index (χ4v) is 9.09. The SMILES string of the molecule is CC(C)c1cccc(C(C)C)c1N1[CH-]C(C)(C)CC1(C)C.CC(C)c1cccc(C(C)C)c1N1[CH-]C2(CCCCC2)CC1(C)C.[Be+2]. The van der Waals surface area contributed by atoms with Crippen molar-refractivity contribution in [2.75, 3.05) is 9.80 Å². The molecule has 3 fully saturated rings. The number of benzene rings is 2. The van der Waals surface area contributed by atoms with Gasteiger partial charge in [0.15, 0.2) is 0 Å². The Kier molecular flexibility index (Phi) is 12.1. The molecule has 252 valence electrons. The number of hydrogen-bond acceptors (Lipinski definition) is 2. The van der Waals surface area contributed by atoms with E-state index in [4.69, 9.17) is 0 Å². The zero-order chi connectivity index (χ0) is 33.5. The second kappa shape index (κ2) is 14.4. The molecule has 2 aliphatic heterocycles. The molecule has 0 atom stereocenters. The molecule has 0 unspecified atom stereocenters. The average molecular weight is 622 g/mol. The van der Waals surface area contributed by atoms with Crippen LogP contribution in [0.1, 0.15) is 188 Å². The number of para-hydroxylation sites is 2. The summed E-state index contributed by atoms with van der Waals surface area (Å²) < 4.78 is 0. The minimum Gasteiger partial charge on any atom is -0.517 e. The van der Waals surface area contributed by atoms with E-state index in [0.29, 0.717) is 29.1 Å². The third kappa shape index (κ3) is 8.08. The molecular formula is C43H68BeN2. The molecule has 3 heteroatoms. The second-order valence-electron chi connectivity index (χ2n) is 18.1. The van der Waals surface area contributed by atoms with Crippen molar-refractivity contribution in [3.63, 3.8) is 0 Å². The van der Waals surface area contributed by atoms with Gasteiger partial charge in [0.05, 0.1) is 0 Å². The molecule has 0 radical (unpaired) electrons. The van der Waals surface area contributed by atoms with Gasteiger partial charge in [0, 0.05) is 22.5 Å². The zero-order valence-electron chi connectivity index (χ0n) is 32.5. The van der Waals surface area contributed by atoms with Gasteiger partial charge in [-0.1, -0.05) is 151 Å². The maximum Gasteiger partial charge on any atom is 2.00 e. The molecule has 3 aliphatic rings. The standard InChI is InChI=1S/C23H36N.C20H32N.Be/c1-17(2)19-11-10-12-20(18(3)4)21(19)24-16-23(15-22(24,5)6)13-8-7-9-14-23;1-14(2)16-10-9-11-17(15(3)4)18(16)21-13-19(5,6)12-20(21,7)8;/h10-12,16-18H,7-9,13-15H2,1-6H3;9-11,13-15H,12H2,1-8H3;/q2*-1;+2. The third-order valence-corrected chi connectivity index (χ3v) is 10.9. The van der Waals surface area contributed by atoms with Gasteiger partial charge in [-0.3, -0.25) is 0 Å². The van der Waals surface area contributed by atoms with Crippen molar-refractivity contribution in [3.8, 4) is 0 Å². The van der Waals surface area contributed by atoms with Crippen molar-refractivity contribution in [2.45, 2.75) is 177 Å². The van der Waals surface area contributed by atoms with Gasteiger partial charge in [0.2, 0.25) is 0 Å². The molecule has 1 saturated carbocycles. The van der Waals surface area contributed by atoms with E-state index >= 15 is 0 Å². The van der Waals surface area contributed by atoms with Crippen LogP contribution in [-0.4, -0.2) is 21.2 Å². The smallest absolute Gasteiger partial charge is 0.517 e. The quantitative estimate of drug-likeness (QED) is 0.234. The predicted molar refractivity (Wildman–Crippen MR) is 205 cm³/mol.